The molecule has 0 aromatic rings. The summed E-state index contributed by atoms with van der Waals surface area (Å²) in [6.45, 7) is 7.58. The second kappa shape index (κ2) is 9.59. The first-order chi connectivity index (χ1) is 13.8. The Labute approximate surface area is 175 Å². The minimum Gasteiger partial charge on any atom is -0.431 e. The lowest BCUT2D eigenvalue weighted by Crippen LogP contribution is -2.50. The van der Waals surface area contributed by atoms with Gasteiger partial charge in [-0.25, -0.2) is 4.39 Å². The summed E-state index contributed by atoms with van der Waals surface area (Å²) in [5.74, 6) is 0.307. The fraction of sp³-hybridized carbons (Fsp3) is 0.720. The highest BCUT2D eigenvalue weighted by molar-refractivity contribution is 5.73. The third-order valence-electron chi connectivity index (χ3n) is 7.55. The Kier molecular flexibility index (Phi) is 7.37. The maximum Gasteiger partial charge on any atom is 0.313 e. The van der Waals surface area contributed by atoms with Gasteiger partial charge in [-0.15, -0.1) is 0 Å². The normalized spacial score (nSPS) is 32.2. The molecule has 3 aliphatic rings. The molecule has 0 heterocycles. The highest BCUT2D eigenvalue weighted by Gasteiger charge is 2.45. The standard InChI is InChI=1S/C25H38FNO2/c1-17(29-24(28)19-11-7-4-5-8-12-19)15-22-21(18(2)26)16-20-13-9-6-10-14-25(22,3)23(20)27/h15,19-20,23H,2,4-14,16,27H2,1,3H3/b17-15+/t20-,23?,25+/m0/s1. The van der Waals surface area contributed by atoms with Crippen LogP contribution in [0.25, 0.3) is 0 Å². The van der Waals surface area contributed by atoms with E-state index in [0.29, 0.717) is 17.8 Å². The Hall–Kier alpha value is -1.42. The molecule has 1 unspecified atom stereocenters. The van der Waals surface area contributed by atoms with Gasteiger partial charge in [-0.3, -0.25) is 4.79 Å². The second-order valence-corrected chi connectivity index (χ2v) is 9.67. The van der Waals surface area contributed by atoms with Gasteiger partial charge < -0.3 is 10.5 Å². The molecule has 2 saturated carbocycles. The van der Waals surface area contributed by atoms with Gasteiger partial charge in [0.1, 0.15) is 11.6 Å². The number of carbonyl (C=O) groups excluding carboxylic acids is 1. The number of hydrogen-bond donors (Lipinski definition) is 1. The molecule has 3 nitrogen and oxygen atoms in total. The van der Waals surface area contributed by atoms with Gasteiger partial charge in [0, 0.05) is 11.5 Å². The first-order valence-electron chi connectivity index (χ1n) is 11.6. The number of nitrogens with two attached hydrogens (primary N) is 1. The van der Waals surface area contributed by atoms with Gasteiger partial charge in [-0.1, -0.05) is 58.4 Å². The van der Waals surface area contributed by atoms with Crippen molar-refractivity contribution in [3.63, 3.8) is 0 Å². The molecule has 4 heteroatoms. The lowest BCUT2D eigenvalue weighted by molar-refractivity contribution is -0.144. The summed E-state index contributed by atoms with van der Waals surface area (Å²) >= 11 is 0. The van der Waals surface area contributed by atoms with E-state index in [9.17, 15) is 9.18 Å². The van der Waals surface area contributed by atoms with Crippen molar-refractivity contribution in [1.29, 1.82) is 0 Å². The molecule has 29 heavy (non-hydrogen) atoms. The molecule has 0 amide bonds. The number of allylic oxidation sites excluding steroid dienone is 4. The Morgan fingerprint density at radius 1 is 1.14 bits per heavy atom. The molecule has 0 aliphatic heterocycles. The van der Waals surface area contributed by atoms with Crippen molar-refractivity contribution in [2.75, 3.05) is 0 Å². The van der Waals surface area contributed by atoms with Gasteiger partial charge in [0.25, 0.3) is 0 Å². The van der Waals surface area contributed by atoms with Crippen LogP contribution in [0.5, 0.6) is 0 Å². The zero-order valence-corrected chi connectivity index (χ0v) is 18.3. The van der Waals surface area contributed by atoms with Crippen molar-refractivity contribution in [2.45, 2.75) is 96.9 Å². The number of fused-ring (bicyclic) bond motifs is 2. The first-order valence-corrected chi connectivity index (χ1v) is 11.6. The number of carbonyl (C=O) groups is 1. The van der Waals surface area contributed by atoms with E-state index in [1.54, 1.807) is 0 Å². The van der Waals surface area contributed by atoms with E-state index in [1.165, 1.54) is 19.3 Å². The molecule has 0 aromatic heterocycles. The van der Waals surface area contributed by atoms with E-state index in [2.05, 4.69) is 13.5 Å². The molecule has 0 spiro atoms. The third-order valence-corrected chi connectivity index (χ3v) is 7.55. The van der Waals surface area contributed by atoms with Crippen LogP contribution in [-0.2, 0) is 9.53 Å². The molecule has 3 rings (SSSR count). The maximum atomic E-state index is 14.5. The minimum atomic E-state index is -0.372. The Morgan fingerprint density at radius 3 is 2.41 bits per heavy atom. The van der Waals surface area contributed by atoms with E-state index in [-0.39, 0.29) is 35.1 Å². The van der Waals surface area contributed by atoms with Crippen LogP contribution in [0.1, 0.15) is 90.9 Å². The van der Waals surface area contributed by atoms with Gasteiger partial charge >= 0.3 is 5.97 Å². The molecule has 0 aromatic carbocycles. The van der Waals surface area contributed by atoms with Crippen molar-refractivity contribution < 1.29 is 13.9 Å². The topological polar surface area (TPSA) is 52.3 Å². The van der Waals surface area contributed by atoms with Gasteiger partial charge in [-0.2, -0.15) is 0 Å². The molecular formula is C25H38FNO2. The number of ether oxygens (including phenoxy) is 1. The average Bonchev–Trinajstić information content (AvgIpc) is 2.96. The lowest BCUT2D eigenvalue weighted by Gasteiger charge is -2.47. The van der Waals surface area contributed by atoms with Crippen LogP contribution in [0.4, 0.5) is 4.39 Å². The fourth-order valence-corrected chi connectivity index (χ4v) is 5.70. The summed E-state index contributed by atoms with van der Waals surface area (Å²) in [5, 5.41) is 0. The monoisotopic (exact) mass is 403 g/mol. The summed E-state index contributed by atoms with van der Waals surface area (Å²) in [6, 6.07) is -0.0116. The number of halogens is 1. The Morgan fingerprint density at radius 2 is 1.76 bits per heavy atom. The maximum absolute atomic E-state index is 14.5. The van der Waals surface area contributed by atoms with E-state index in [0.717, 1.165) is 56.9 Å². The Balaban J connectivity index is 1.87. The number of esters is 1. The zero-order chi connectivity index (χ0) is 21.0. The van der Waals surface area contributed by atoms with Gasteiger partial charge in [0.15, 0.2) is 0 Å². The molecule has 0 radical (unpaired) electrons. The molecule has 2 bridgehead atoms. The molecule has 162 valence electrons. The lowest BCUT2D eigenvalue weighted by atomic mass is 9.59. The molecule has 3 aliphatic carbocycles. The van der Waals surface area contributed by atoms with Crippen LogP contribution in [0.3, 0.4) is 0 Å². The van der Waals surface area contributed by atoms with Crippen LogP contribution in [0.2, 0.25) is 0 Å². The van der Waals surface area contributed by atoms with E-state index in [1.807, 2.05) is 13.0 Å². The third kappa shape index (κ3) is 5.02. The minimum absolute atomic E-state index is 0.0116. The van der Waals surface area contributed by atoms with E-state index in [4.69, 9.17) is 10.5 Å². The summed E-state index contributed by atoms with van der Waals surface area (Å²) in [4.78, 5) is 12.7. The van der Waals surface area contributed by atoms with Crippen molar-refractivity contribution in [1.82, 2.24) is 0 Å². The van der Waals surface area contributed by atoms with Crippen LogP contribution < -0.4 is 5.73 Å². The highest BCUT2D eigenvalue weighted by Crippen LogP contribution is 2.51. The largest absolute Gasteiger partial charge is 0.431 e. The molecule has 2 fully saturated rings. The van der Waals surface area contributed by atoms with Crippen LogP contribution in [-0.4, -0.2) is 12.0 Å². The second-order valence-electron chi connectivity index (χ2n) is 9.67. The van der Waals surface area contributed by atoms with Crippen molar-refractivity contribution in [3.8, 4) is 0 Å². The van der Waals surface area contributed by atoms with E-state index >= 15 is 0 Å². The smallest absolute Gasteiger partial charge is 0.313 e. The van der Waals surface area contributed by atoms with Crippen molar-refractivity contribution >= 4 is 5.97 Å². The van der Waals surface area contributed by atoms with Crippen molar-refractivity contribution in [3.05, 3.63) is 35.4 Å². The summed E-state index contributed by atoms with van der Waals surface area (Å²) in [7, 11) is 0. The van der Waals surface area contributed by atoms with E-state index < -0.39 is 0 Å². The quantitative estimate of drug-likeness (QED) is 0.331. The predicted molar refractivity (Wildman–Crippen MR) is 116 cm³/mol. The van der Waals surface area contributed by atoms with Crippen molar-refractivity contribution in [2.24, 2.45) is 23.0 Å². The predicted octanol–water partition coefficient (Wildman–Crippen LogP) is 6.50. The SMILES string of the molecule is C=C(F)C1=C(/C=C(\C)OC(=O)C2CCCCCC2)[C@@]2(C)CCCCC[C@@H](C1)C2N. The summed E-state index contributed by atoms with van der Waals surface area (Å²) < 4.78 is 20.2. The highest BCUT2D eigenvalue weighted by atomic mass is 19.1. The molecular weight excluding hydrogens is 365 g/mol. The first kappa shape index (κ1) is 22.3. The van der Waals surface area contributed by atoms with Gasteiger partial charge in [0.2, 0.25) is 0 Å². The fourth-order valence-electron chi connectivity index (χ4n) is 5.70. The van der Waals surface area contributed by atoms with Crippen LogP contribution in [0.15, 0.2) is 35.4 Å². The Bertz CT molecular complexity index is 687. The van der Waals surface area contributed by atoms with Crippen LogP contribution >= 0.6 is 0 Å². The number of hydrogen-bond acceptors (Lipinski definition) is 3. The molecule has 2 N–H and O–H groups in total. The molecule has 0 saturated heterocycles. The zero-order valence-electron chi connectivity index (χ0n) is 18.3. The van der Waals surface area contributed by atoms with Crippen LogP contribution in [0, 0.1) is 17.3 Å². The summed E-state index contributed by atoms with van der Waals surface area (Å²) in [6.07, 6.45) is 14.3. The van der Waals surface area contributed by atoms with Gasteiger partial charge in [-0.05, 0) is 62.2 Å². The molecule has 3 atom stereocenters. The average molecular weight is 404 g/mol. The summed E-state index contributed by atoms with van der Waals surface area (Å²) in [5.41, 5.74) is 7.98. The van der Waals surface area contributed by atoms with Gasteiger partial charge in [0.05, 0.1) is 5.92 Å². The number of rotatable bonds is 4.